The van der Waals surface area contributed by atoms with Gasteiger partial charge < -0.3 is 4.90 Å². The van der Waals surface area contributed by atoms with Gasteiger partial charge in [-0.3, -0.25) is 19.9 Å². The fourth-order valence-corrected chi connectivity index (χ4v) is 2.76. The summed E-state index contributed by atoms with van der Waals surface area (Å²) in [6.45, 7) is 2.72. The SMILES string of the molecule is C[C@@H]1CC(c2ccncc2[N+](=O)[O-])=CC(=O)[C@@H]1CN(C)C. The lowest BCUT2D eigenvalue weighted by atomic mass is 9.78. The molecule has 0 saturated carbocycles. The van der Waals surface area contributed by atoms with E-state index in [2.05, 4.69) is 4.98 Å². The zero-order chi connectivity index (χ0) is 15.6. The fourth-order valence-electron chi connectivity index (χ4n) is 2.76. The van der Waals surface area contributed by atoms with Crippen LogP contribution in [0.25, 0.3) is 5.57 Å². The van der Waals surface area contributed by atoms with Crippen molar-refractivity contribution in [1.82, 2.24) is 9.88 Å². The average Bonchev–Trinajstić information content (AvgIpc) is 2.42. The standard InChI is InChI=1S/C15H19N3O3/c1-10-6-11(7-15(19)13(10)9-17(2)3)12-4-5-16-8-14(12)18(20)21/h4-5,7-8,10,13H,6,9H2,1-3H3/t10-,13-/m1/s1. The van der Waals surface area contributed by atoms with Crippen LogP contribution >= 0.6 is 0 Å². The Morgan fingerprint density at radius 1 is 1.48 bits per heavy atom. The van der Waals surface area contributed by atoms with Crippen LogP contribution in [-0.4, -0.2) is 41.2 Å². The molecule has 2 rings (SSSR count). The summed E-state index contributed by atoms with van der Waals surface area (Å²) < 4.78 is 0. The van der Waals surface area contributed by atoms with E-state index >= 15 is 0 Å². The van der Waals surface area contributed by atoms with Crippen molar-refractivity contribution in [2.24, 2.45) is 11.8 Å². The molecule has 1 aromatic rings. The second kappa shape index (κ2) is 6.13. The maximum atomic E-state index is 12.3. The Kier molecular flexibility index (Phi) is 4.47. The van der Waals surface area contributed by atoms with Gasteiger partial charge in [-0.15, -0.1) is 0 Å². The Hall–Kier alpha value is -2.08. The van der Waals surface area contributed by atoms with E-state index < -0.39 is 4.92 Å². The van der Waals surface area contributed by atoms with E-state index in [4.69, 9.17) is 0 Å². The lowest BCUT2D eigenvalue weighted by Crippen LogP contribution is -2.34. The molecule has 2 atom stereocenters. The van der Waals surface area contributed by atoms with Gasteiger partial charge >= 0.3 is 0 Å². The van der Waals surface area contributed by atoms with Crippen LogP contribution in [0.1, 0.15) is 18.9 Å². The molecule has 0 aromatic carbocycles. The molecule has 0 fully saturated rings. The number of carbonyl (C=O) groups is 1. The van der Waals surface area contributed by atoms with Gasteiger partial charge in [-0.1, -0.05) is 6.92 Å². The predicted molar refractivity (Wildman–Crippen MR) is 79.7 cm³/mol. The molecule has 0 bridgehead atoms. The number of hydrogen-bond donors (Lipinski definition) is 0. The zero-order valence-electron chi connectivity index (χ0n) is 12.4. The lowest BCUT2D eigenvalue weighted by Gasteiger charge is -2.29. The molecule has 1 heterocycles. The molecule has 0 radical (unpaired) electrons. The molecule has 0 unspecified atom stereocenters. The molecule has 0 N–H and O–H groups in total. The van der Waals surface area contributed by atoms with Gasteiger partial charge in [0, 0.05) is 18.7 Å². The molecule has 1 aliphatic carbocycles. The average molecular weight is 289 g/mol. The summed E-state index contributed by atoms with van der Waals surface area (Å²) in [4.78, 5) is 28.7. The first-order chi connectivity index (χ1) is 9.90. The minimum absolute atomic E-state index is 0.0450. The van der Waals surface area contributed by atoms with Gasteiger partial charge in [-0.2, -0.15) is 0 Å². The summed E-state index contributed by atoms with van der Waals surface area (Å²) in [5, 5.41) is 11.1. The fraction of sp³-hybridized carbons (Fsp3) is 0.467. The Morgan fingerprint density at radius 3 is 2.76 bits per heavy atom. The number of allylic oxidation sites excluding steroid dienone is 2. The Bertz CT molecular complexity index is 596. The molecule has 21 heavy (non-hydrogen) atoms. The zero-order valence-corrected chi connectivity index (χ0v) is 12.4. The number of carbonyl (C=O) groups excluding carboxylic acids is 1. The summed E-state index contributed by atoms with van der Waals surface area (Å²) >= 11 is 0. The smallest absolute Gasteiger partial charge is 0.294 e. The van der Waals surface area contributed by atoms with Gasteiger partial charge in [0.05, 0.1) is 10.5 Å². The van der Waals surface area contributed by atoms with Crippen LogP contribution in [0.15, 0.2) is 24.5 Å². The summed E-state index contributed by atoms with van der Waals surface area (Å²) in [6, 6.07) is 1.61. The van der Waals surface area contributed by atoms with Gasteiger partial charge in [-0.25, -0.2) is 0 Å². The highest BCUT2D eigenvalue weighted by molar-refractivity contribution is 6.01. The number of rotatable bonds is 4. The summed E-state index contributed by atoms with van der Waals surface area (Å²) in [7, 11) is 3.87. The second-order valence-electron chi connectivity index (χ2n) is 5.77. The molecule has 0 spiro atoms. The number of pyridine rings is 1. The third-order valence-electron chi connectivity index (χ3n) is 3.82. The molecule has 112 valence electrons. The quantitative estimate of drug-likeness (QED) is 0.627. The third kappa shape index (κ3) is 3.33. The maximum absolute atomic E-state index is 12.3. The van der Waals surface area contributed by atoms with Crippen LogP contribution in [0, 0.1) is 22.0 Å². The van der Waals surface area contributed by atoms with Crippen molar-refractivity contribution >= 4 is 17.0 Å². The summed E-state index contributed by atoms with van der Waals surface area (Å²) in [6.07, 6.45) is 4.98. The van der Waals surface area contributed by atoms with Crippen LogP contribution in [-0.2, 0) is 4.79 Å². The first-order valence-corrected chi connectivity index (χ1v) is 6.88. The predicted octanol–water partition coefficient (Wildman–Crippen LogP) is 2.16. The number of ketones is 1. The van der Waals surface area contributed by atoms with Crippen LogP contribution < -0.4 is 0 Å². The molecule has 0 amide bonds. The van der Waals surface area contributed by atoms with Gasteiger partial charge in [0.1, 0.15) is 6.20 Å². The van der Waals surface area contributed by atoms with Crippen molar-refractivity contribution in [3.8, 4) is 0 Å². The maximum Gasteiger partial charge on any atom is 0.294 e. The molecule has 6 heteroatoms. The van der Waals surface area contributed by atoms with E-state index in [1.54, 1.807) is 12.1 Å². The highest BCUT2D eigenvalue weighted by Gasteiger charge is 2.31. The second-order valence-corrected chi connectivity index (χ2v) is 5.77. The summed E-state index contributed by atoms with van der Waals surface area (Å²) in [5.74, 6) is 0.154. The Labute approximate surface area is 123 Å². The van der Waals surface area contributed by atoms with Crippen molar-refractivity contribution < 1.29 is 9.72 Å². The van der Waals surface area contributed by atoms with E-state index in [0.717, 1.165) is 5.57 Å². The number of nitrogens with zero attached hydrogens (tertiary/aromatic N) is 3. The largest absolute Gasteiger partial charge is 0.309 e. The Balaban J connectivity index is 2.35. The first-order valence-electron chi connectivity index (χ1n) is 6.88. The normalized spacial score (nSPS) is 22.3. The van der Waals surface area contributed by atoms with E-state index in [-0.39, 0.29) is 23.3 Å². The third-order valence-corrected chi connectivity index (χ3v) is 3.82. The number of nitro groups is 1. The molecule has 1 aliphatic rings. The summed E-state index contributed by atoms with van der Waals surface area (Å²) in [5.41, 5.74) is 1.19. The Morgan fingerprint density at radius 2 is 2.19 bits per heavy atom. The highest BCUT2D eigenvalue weighted by atomic mass is 16.6. The van der Waals surface area contributed by atoms with Crippen molar-refractivity contribution in [1.29, 1.82) is 0 Å². The first kappa shape index (κ1) is 15.3. The van der Waals surface area contributed by atoms with Crippen LogP contribution in [0.3, 0.4) is 0 Å². The van der Waals surface area contributed by atoms with Crippen LogP contribution in [0.2, 0.25) is 0 Å². The van der Waals surface area contributed by atoms with Crippen molar-refractivity contribution in [3.63, 3.8) is 0 Å². The van der Waals surface area contributed by atoms with Crippen molar-refractivity contribution in [2.45, 2.75) is 13.3 Å². The monoisotopic (exact) mass is 289 g/mol. The topological polar surface area (TPSA) is 76.3 Å². The van der Waals surface area contributed by atoms with Crippen LogP contribution in [0.4, 0.5) is 5.69 Å². The van der Waals surface area contributed by atoms with Gasteiger partial charge in [0.25, 0.3) is 5.69 Å². The van der Waals surface area contributed by atoms with E-state index in [0.29, 0.717) is 18.5 Å². The van der Waals surface area contributed by atoms with Gasteiger partial charge in [-0.05, 0) is 44.1 Å². The molecular formula is C15H19N3O3. The molecule has 6 nitrogen and oxygen atoms in total. The van der Waals surface area contributed by atoms with E-state index in [1.807, 2.05) is 25.9 Å². The highest BCUT2D eigenvalue weighted by Crippen LogP contribution is 2.36. The molecule has 0 saturated heterocycles. The molecular weight excluding hydrogens is 270 g/mol. The molecule has 0 aliphatic heterocycles. The van der Waals surface area contributed by atoms with Crippen LogP contribution in [0.5, 0.6) is 0 Å². The van der Waals surface area contributed by atoms with Gasteiger partial charge in [0.2, 0.25) is 0 Å². The minimum Gasteiger partial charge on any atom is -0.309 e. The molecule has 1 aromatic heterocycles. The van der Waals surface area contributed by atoms with E-state index in [9.17, 15) is 14.9 Å². The van der Waals surface area contributed by atoms with E-state index in [1.165, 1.54) is 12.4 Å². The van der Waals surface area contributed by atoms with Crippen molar-refractivity contribution in [3.05, 3.63) is 40.2 Å². The minimum atomic E-state index is -0.454. The lowest BCUT2D eigenvalue weighted by molar-refractivity contribution is -0.385. The van der Waals surface area contributed by atoms with Gasteiger partial charge in [0.15, 0.2) is 5.78 Å². The number of hydrogen-bond acceptors (Lipinski definition) is 5. The number of aromatic nitrogens is 1. The van der Waals surface area contributed by atoms with Crippen molar-refractivity contribution in [2.75, 3.05) is 20.6 Å².